The van der Waals surface area contributed by atoms with E-state index in [2.05, 4.69) is 165 Å². The van der Waals surface area contributed by atoms with Crippen LogP contribution in [0.3, 0.4) is 0 Å². The molecule has 107 heavy (non-hydrogen) atoms. The standard InChI is InChI=1S/C37H34NO2P.C32H12BF24.C8H12.Ir/c1-29-35(38-36(39-29)32-21-11-4-12-22-32)37(27-30-17-7-2-8-18-30,28-31-19-9-3-10-20-31)40-41(33-23-13-5-14-24-33)34-25-15-6-16-26-34;34-25(35,36)13-1-14(26(37,38)39)6-21(5-13)33(22-7-15(27(40,41)42)2-16(8-22)28(43,44)45,23-9-17(29(46,47)48)3-18(10-23)30(49,50)51)24-11-19(31(52,53)54)4-20(12-24)32(55,56)57;1-2-4-6-8-7-5-3-1;/h2-26,29,35H,27-28H2,1H3;1-12H;1-2,7-8H,3-6H2;/q;-1;;/p+1/b;;2-1-,8-7-;/t29-,35-;;;/m1.../s1. The Labute approximate surface area is 612 Å². The smallest absolute Gasteiger partial charge is 0.416 e. The minimum atomic E-state index is -6.13. The number of aliphatic imine (C=N–C) groups is 1. The molecule has 0 aromatic heterocycles. The first-order chi connectivity index (χ1) is 49.5. The topological polar surface area (TPSA) is 30.8 Å². The van der Waals surface area contributed by atoms with Crippen molar-refractivity contribution in [3.8, 4) is 0 Å². The third-order valence-electron chi connectivity index (χ3n) is 17.4. The Kier molecular flexibility index (Phi) is 26.3. The van der Waals surface area contributed by atoms with Crippen LogP contribution in [0.5, 0.6) is 0 Å². The molecule has 1 aliphatic heterocycles. The van der Waals surface area contributed by atoms with Crippen molar-refractivity contribution < 1.29 is 135 Å². The van der Waals surface area contributed by atoms with Gasteiger partial charge in [-0.2, -0.15) is 127 Å². The van der Waals surface area contributed by atoms with Crippen molar-refractivity contribution in [1.82, 2.24) is 0 Å². The van der Waals surface area contributed by atoms with Crippen LogP contribution in [0.15, 0.2) is 254 Å². The summed E-state index contributed by atoms with van der Waals surface area (Å²) in [5, 5.41) is 2.43. The zero-order chi connectivity index (χ0) is 77.5. The van der Waals surface area contributed by atoms with Crippen LogP contribution in [0.1, 0.15) is 93.8 Å². The molecular weight excluding hydrogens is 1660 g/mol. The number of hydrogen-bond acceptors (Lipinski definition) is 3. The first-order valence-electron chi connectivity index (χ1n) is 32.2. The summed E-state index contributed by atoms with van der Waals surface area (Å²) < 4.78 is 355. The quantitative estimate of drug-likeness (QED) is 0.0470. The van der Waals surface area contributed by atoms with Gasteiger partial charge in [0, 0.05) is 38.5 Å². The summed E-state index contributed by atoms with van der Waals surface area (Å²) in [7, 11) is -1.66. The predicted octanol–water partition coefficient (Wildman–Crippen LogP) is 21.1. The number of nitrogens with zero attached hydrogens (tertiary/aromatic N) is 1. The number of hydrogen-bond donors (Lipinski definition) is 0. The van der Waals surface area contributed by atoms with E-state index in [4.69, 9.17) is 14.3 Å². The van der Waals surface area contributed by atoms with Crippen LogP contribution in [0, 0.1) is 0 Å². The molecule has 0 spiro atoms. The monoisotopic (exact) mass is 1720 g/mol. The molecule has 9 aromatic rings. The number of rotatable bonds is 14. The van der Waals surface area contributed by atoms with Gasteiger partial charge >= 0.3 is 49.4 Å². The molecular formula is C77H59BF24IrNO2P. The van der Waals surface area contributed by atoms with Crippen molar-refractivity contribution in [1.29, 1.82) is 0 Å². The van der Waals surface area contributed by atoms with Gasteiger partial charge < -0.3 is 4.74 Å². The van der Waals surface area contributed by atoms with E-state index in [0.29, 0.717) is 18.7 Å². The zero-order valence-electron chi connectivity index (χ0n) is 55.3. The first kappa shape index (κ1) is 84.0. The van der Waals surface area contributed by atoms with Crippen molar-refractivity contribution in [3.63, 3.8) is 0 Å². The summed E-state index contributed by atoms with van der Waals surface area (Å²) in [5.41, 5.74) is -27.4. The fraction of sp³-hybridized carbons (Fsp3) is 0.234. The Morgan fingerprint density at radius 1 is 0.346 bits per heavy atom. The first-order valence-corrected chi connectivity index (χ1v) is 33.6. The van der Waals surface area contributed by atoms with Crippen LogP contribution in [0.25, 0.3) is 0 Å². The molecule has 2 atom stereocenters. The molecule has 11 rings (SSSR count). The molecule has 0 saturated heterocycles. The maximum Gasteiger partial charge on any atom is 0.416 e. The number of alkyl halides is 24. The van der Waals surface area contributed by atoms with Crippen molar-refractivity contribution in [2.75, 3.05) is 0 Å². The number of ether oxygens (including phenoxy) is 1. The van der Waals surface area contributed by atoms with Crippen LogP contribution in [-0.2, 0) is 91.6 Å². The van der Waals surface area contributed by atoms with Crippen LogP contribution >= 0.6 is 8.15 Å². The van der Waals surface area contributed by atoms with Gasteiger partial charge in [-0.1, -0.05) is 188 Å². The molecule has 0 unspecified atom stereocenters. The summed E-state index contributed by atoms with van der Waals surface area (Å²) >= 11 is 0. The number of benzene rings is 9. The van der Waals surface area contributed by atoms with E-state index in [1.54, 1.807) is 0 Å². The molecule has 1 radical (unpaired) electrons. The van der Waals surface area contributed by atoms with Gasteiger partial charge in [0.25, 0.3) is 0 Å². The fourth-order valence-corrected chi connectivity index (χ4v) is 14.9. The van der Waals surface area contributed by atoms with Crippen LogP contribution in [-0.4, -0.2) is 29.8 Å². The van der Waals surface area contributed by atoms with E-state index in [-0.39, 0.29) is 32.3 Å². The van der Waals surface area contributed by atoms with E-state index < -0.39 is 208 Å². The molecule has 569 valence electrons. The Hall–Kier alpha value is -8.65. The minimum absolute atomic E-state index is 0. The molecule has 3 nitrogen and oxygen atoms in total. The summed E-state index contributed by atoms with van der Waals surface area (Å²) in [6.45, 7) is 2.13. The van der Waals surface area contributed by atoms with Gasteiger partial charge in [0.1, 0.15) is 34.5 Å². The molecule has 0 amide bonds. The van der Waals surface area contributed by atoms with Gasteiger partial charge in [-0.25, -0.2) is 9.52 Å². The van der Waals surface area contributed by atoms with E-state index in [0.717, 1.165) is 5.56 Å². The van der Waals surface area contributed by atoms with E-state index in [9.17, 15) is 105 Å². The van der Waals surface area contributed by atoms with Crippen molar-refractivity contribution in [2.45, 2.75) is 113 Å². The molecule has 1 heterocycles. The number of halogens is 24. The average Bonchev–Trinajstić information content (AvgIpc) is 1.18. The molecule has 0 fully saturated rings. The van der Waals surface area contributed by atoms with Gasteiger partial charge in [0.2, 0.25) is 5.90 Å². The predicted molar refractivity (Wildman–Crippen MR) is 359 cm³/mol. The van der Waals surface area contributed by atoms with Crippen LogP contribution < -0.4 is 32.5 Å². The molecule has 30 heteroatoms. The molecule has 2 aliphatic rings. The maximum absolute atomic E-state index is 14.2. The second-order valence-corrected chi connectivity index (χ2v) is 27.0. The Morgan fingerprint density at radius 3 is 0.822 bits per heavy atom. The zero-order valence-corrected chi connectivity index (χ0v) is 58.7. The van der Waals surface area contributed by atoms with Crippen molar-refractivity contribution in [3.05, 3.63) is 310 Å². The van der Waals surface area contributed by atoms with E-state index in [1.807, 2.05) is 18.2 Å². The summed E-state index contributed by atoms with van der Waals surface area (Å²) in [6.07, 6.45) is -39.5. The molecule has 9 aromatic carbocycles. The van der Waals surface area contributed by atoms with Gasteiger partial charge in [-0.15, -0.1) is 0 Å². The normalized spacial score (nSPS) is 16.1. The summed E-state index contributed by atoms with van der Waals surface area (Å²) in [6, 6.07) is 43.9. The second-order valence-electron chi connectivity index (χ2n) is 24.9. The van der Waals surface area contributed by atoms with E-state index in [1.165, 1.54) is 47.4 Å². The third kappa shape index (κ3) is 21.2. The van der Waals surface area contributed by atoms with Gasteiger partial charge in [0.05, 0.1) is 44.5 Å². The average molecular weight is 1720 g/mol. The van der Waals surface area contributed by atoms with Crippen molar-refractivity contribution >= 4 is 52.7 Å². The Balaban J connectivity index is 0.000000251. The van der Waals surface area contributed by atoms with Crippen LogP contribution in [0.4, 0.5) is 105 Å². The SMILES string of the molecule is C1=C\CC/C=C\CC/1.C[C@H]1OC(c2ccccc2)=N[C@H]1C(Cc1ccccc1)(Cc1ccccc1)O[PH+](c1ccccc1)c1ccccc1.FC(F)(F)c1cc([B-](c2cc(C(F)(F)F)cc(C(F)(F)F)c2)(c2cc(C(F)(F)F)cc(C(F)(F)F)c2)c2cc(C(F)(F)F)cc(C(F)(F)F)c2)cc(C(F)(F)F)c1.[Ir]. The van der Waals surface area contributed by atoms with Crippen LogP contribution in [0.2, 0.25) is 0 Å². The molecule has 0 saturated carbocycles. The Morgan fingerprint density at radius 2 is 0.579 bits per heavy atom. The maximum atomic E-state index is 14.2. The van der Waals surface area contributed by atoms with Crippen molar-refractivity contribution in [2.24, 2.45) is 4.99 Å². The summed E-state index contributed by atoms with van der Waals surface area (Å²) in [4.78, 5) is 5.33. The minimum Gasteiger partial charge on any atom is -0.472 e. The Bertz CT molecular complexity index is 3980. The summed E-state index contributed by atoms with van der Waals surface area (Å²) in [5.74, 6) is 0.686. The molecule has 1 aliphatic carbocycles. The number of allylic oxidation sites excluding steroid dienone is 4. The third-order valence-corrected chi connectivity index (χ3v) is 19.7. The largest absolute Gasteiger partial charge is 0.472 e. The molecule has 0 bridgehead atoms. The van der Waals surface area contributed by atoms with Gasteiger partial charge in [-0.3, -0.25) is 0 Å². The second kappa shape index (κ2) is 33.5. The van der Waals surface area contributed by atoms with Gasteiger partial charge in [0.15, 0.2) is 8.15 Å². The fourth-order valence-electron chi connectivity index (χ4n) is 12.7. The van der Waals surface area contributed by atoms with Gasteiger partial charge in [-0.05, 0) is 104 Å². The van der Waals surface area contributed by atoms with E-state index >= 15 is 0 Å². The molecule has 0 N–H and O–H groups in total.